The number of ether oxygens (including phenoxy) is 2. The molecule has 19 heavy (non-hydrogen) atoms. The topological polar surface area (TPSA) is 52.6 Å². The van der Waals surface area contributed by atoms with Crippen molar-refractivity contribution >= 4 is 11.9 Å². The van der Waals surface area contributed by atoms with E-state index >= 15 is 0 Å². The van der Waals surface area contributed by atoms with E-state index in [9.17, 15) is 9.59 Å². The van der Waals surface area contributed by atoms with Crippen LogP contribution in [0.1, 0.15) is 40.5 Å². The fourth-order valence-corrected chi connectivity index (χ4v) is 4.26. The number of carbonyl (C=O) groups is 2. The Morgan fingerprint density at radius 1 is 0.947 bits per heavy atom. The van der Waals surface area contributed by atoms with E-state index in [2.05, 4.69) is 13.8 Å². The number of carbonyl (C=O) groups excluding carboxylic acids is 2. The molecule has 4 unspecified atom stereocenters. The summed E-state index contributed by atoms with van der Waals surface area (Å²) in [6.45, 7) is 8.66. The van der Waals surface area contributed by atoms with Gasteiger partial charge < -0.3 is 9.47 Å². The largest absolute Gasteiger partial charge is 0.466 e. The van der Waals surface area contributed by atoms with Crippen LogP contribution in [0.15, 0.2) is 0 Å². The van der Waals surface area contributed by atoms with Crippen LogP contribution in [0.4, 0.5) is 0 Å². The van der Waals surface area contributed by atoms with E-state index in [0.717, 1.165) is 12.8 Å². The molecule has 0 heterocycles. The lowest BCUT2D eigenvalue weighted by atomic mass is 9.79. The van der Waals surface area contributed by atoms with Crippen LogP contribution in [0.25, 0.3) is 0 Å². The molecule has 4 atom stereocenters. The van der Waals surface area contributed by atoms with Gasteiger partial charge in [-0.2, -0.15) is 0 Å². The van der Waals surface area contributed by atoms with E-state index in [0.29, 0.717) is 13.2 Å². The van der Waals surface area contributed by atoms with Crippen LogP contribution in [0.5, 0.6) is 0 Å². The van der Waals surface area contributed by atoms with Gasteiger partial charge in [0.25, 0.3) is 0 Å². The van der Waals surface area contributed by atoms with Crippen LogP contribution in [-0.4, -0.2) is 25.2 Å². The van der Waals surface area contributed by atoms with E-state index in [-0.39, 0.29) is 41.0 Å². The highest BCUT2D eigenvalue weighted by atomic mass is 16.5. The minimum atomic E-state index is -0.312. The fraction of sp³-hybridized carbons (Fsp3) is 0.867. The number of hydrogen-bond donors (Lipinski definition) is 0. The molecule has 2 fully saturated rings. The SMILES string of the molecule is CCOC(=O)C1C(C(=O)OCC)C2CCC1C2(C)C. The molecule has 2 aliphatic carbocycles. The smallest absolute Gasteiger partial charge is 0.310 e. The van der Waals surface area contributed by atoms with Gasteiger partial charge in [-0.05, 0) is 43.9 Å². The fourth-order valence-electron chi connectivity index (χ4n) is 4.26. The lowest BCUT2D eigenvalue weighted by Gasteiger charge is -2.27. The molecule has 0 aromatic carbocycles. The third kappa shape index (κ3) is 2.15. The van der Waals surface area contributed by atoms with Gasteiger partial charge in [-0.25, -0.2) is 0 Å². The first-order valence-corrected chi connectivity index (χ1v) is 7.28. The lowest BCUT2D eigenvalue weighted by Crippen LogP contribution is -2.36. The molecule has 2 bridgehead atoms. The zero-order valence-electron chi connectivity index (χ0n) is 12.3. The molecule has 0 amide bonds. The van der Waals surface area contributed by atoms with Gasteiger partial charge in [0.1, 0.15) is 0 Å². The number of fused-ring (bicyclic) bond motifs is 2. The molecule has 0 aliphatic heterocycles. The summed E-state index contributed by atoms with van der Waals surface area (Å²) in [7, 11) is 0. The average molecular weight is 268 g/mol. The zero-order chi connectivity index (χ0) is 14.2. The van der Waals surface area contributed by atoms with Gasteiger partial charge in [0.2, 0.25) is 0 Å². The quantitative estimate of drug-likeness (QED) is 0.735. The maximum atomic E-state index is 12.2. The summed E-state index contributed by atoms with van der Waals surface area (Å²) in [6.07, 6.45) is 2.02. The summed E-state index contributed by atoms with van der Waals surface area (Å²) in [6, 6.07) is 0. The molecule has 0 saturated heterocycles. The predicted octanol–water partition coefficient (Wildman–Crippen LogP) is 2.41. The third-order valence-corrected chi connectivity index (χ3v) is 5.07. The highest BCUT2D eigenvalue weighted by molar-refractivity contribution is 5.84. The van der Waals surface area contributed by atoms with Gasteiger partial charge in [-0.1, -0.05) is 13.8 Å². The van der Waals surface area contributed by atoms with Gasteiger partial charge in [-0.15, -0.1) is 0 Å². The summed E-state index contributed by atoms with van der Waals surface area (Å²) in [5.74, 6) is -0.584. The van der Waals surface area contributed by atoms with Crippen molar-refractivity contribution in [2.45, 2.75) is 40.5 Å². The summed E-state index contributed by atoms with van der Waals surface area (Å²) >= 11 is 0. The second-order valence-corrected chi connectivity index (χ2v) is 6.17. The molecule has 0 aromatic rings. The Hall–Kier alpha value is -1.06. The third-order valence-electron chi connectivity index (χ3n) is 5.07. The van der Waals surface area contributed by atoms with E-state index in [1.807, 2.05) is 0 Å². The molecule has 2 saturated carbocycles. The van der Waals surface area contributed by atoms with Crippen LogP contribution in [0, 0.1) is 29.1 Å². The molecule has 2 aliphatic rings. The number of rotatable bonds is 4. The zero-order valence-corrected chi connectivity index (χ0v) is 12.3. The van der Waals surface area contributed by atoms with Crippen LogP contribution in [0.2, 0.25) is 0 Å². The summed E-state index contributed by atoms with van der Waals surface area (Å²) < 4.78 is 10.4. The Bertz CT molecular complexity index is 340. The van der Waals surface area contributed by atoms with Crippen molar-refractivity contribution in [3.63, 3.8) is 0 Å². The molecule has 2 rings (SSSR count). The summed E-state index contributed by atoms with van der Waals surface area (Å²) in [5, 5.41) is 0. The van der Waals surface area contributed by atoms with Gasteiger partial charge in [0.15, 0.2) is 0 Å². The first-order valence-electron chi connectivity index (χ1n) is 7.28. The average Bonchev–Trinajstić information content (AvgIpc) is 2.76. The van der Waals surface area contributed by atoms with E-state index in [1.54, 1.807) is 13.8 Å². The second kappa shape index (κ2) is 5.14. The maximum absolute atomic E-state index is 12.2. The lowest BCUT2D eigenvalue weighted by molar-refractivity contribution is -0.162. The van der Waals surface area contributed by atoms with E-state index in [4.69, 9.17) is 9.47 Å². The molecule has 4 nitrogen and oxygen atoms in total. The van der Waals surface area contributed by atoms with E-state index < -0.39 is 0 Å². The Balaban J connectivity index is 2.27. The molecule has 4 heteroatoms. The Morgan fingerprint density at radius 3 is 1.63 bits per heavy atom. The van der Waals surface area contributed by atoms with Crippen molar-refractivity contribution in [2.75, 3.05) is 13.2 Å². The van der Waals surface area contributed by atoms with Crippen LogP contribution >= 0.6 is 0 Å². The molecule has 0 radical (unpaired) electrons. The number of esters is 2. The summed E-state index contributed by atoms with van der Waals surface area (Å²) in [5.41, 5.74) is 0.0227. The first-order chi connectivity index (χ1) is 8.95. The van der Waals surface area contributed by atoms with Crippen LogP contribution in [-0.2, 0) is 19.1 Å². The predicted molar refractivity (Wildman–Crippen MR) is 70.2 cm³/mol. The molecular weight excluding hydrogens is 244 g/mol. The van der Waals surface area contributed by atoms with Crippen LogP contribution < -0.4 is 0 Å². The van der Waals surface area contributed by atoms with Gasteiger partial charge in [0.05, 0.1) is 25.0 Å². The molecular formula is C15H24O4. The van der Waals surface area contributed by atoms with Crippen molar-refractivity contribution in [1.82, 2.24) is 0 Å². The minimum Gasteiger partial charge on any atom is -0.466 e. The molecule has 108 valence electrons. The molecule has 0 aromatic heterocycles. The molecule has 0 spiro atoms. The van der Waals surface area contributed by atoms with Crippen molar-refractivity contribution in [3.05, 3.63) is 0 Å². The Labute approximate surface area is 114 Å². The number of hydrogen-bond acceptors (Lipinski definition) is 4. The maximum Gasteiger partial charge on any atom is 0.310 e. The Kier molecular flexibility index (Phi) is 3.88. The minimum absolute atomic E-state index is 0.0227. The Morgan fingerprint density at radius 2 is 1.32 bits per heavy atom. The van der Waals surface area contributed by atoms with Gasteiger partial charge in [0, 0.05) is 0 Å². The first kappa shape index (κ1) is 14.4. The van der Waals surface area contributed by atoms with Crippen molar-refractivity contribution in [1.29, 1.82) is 0 Å². The van der Waals surface area contributed by atoms with Crippen molar-refractivity contribution in [3.8, 4) is 0 Å². The van der Waals surface area contributed by atoms with Crippen LogP contribution in [0.3, 0.4) is 0 Å². The monoisotopic (exact) mass is 268 g/mol. The van der Waals surface area contributed by atoms with Crippen molar-refractivity contribution < 1.29 is 19.1 Å². The highest BCUT2D eigenvalue weighted by Gasteiger charge is 2.64. The van der Waals surface area contributed by atoms with Crippen molar-refractivity contribution in [2.24, 2.45) is 29.1 Å². The summed E-state index contributed by atoms with van der Waals surface area (Å²) in [4.78, 5) is 24.4. The van der Waals surface area contributed by atoms with Gasteiger partial charge >= 0.3 is 11.9 Å². The highest BCUT2D eigenvalue weighted by Crippen LogP contribution is 2.63. The standard InChI is InChI=1S/C15H24O4/c1-5-18-13(16)11-9-7-8-10(15(9,3)4)12(11)14(17)19-6-2/h9-12H,5-8H2,1-4H3. The molecule has 0 N–H and O–H groups in total. The second-order valence-electron chi connectivity index (χ2n) is 6.17. The normalized spacial score (nSPS) is 35.2. The van der Waals surface area contributed by atoms with Gasteiger partial charge in [-0.3, -0.25) is 9.59 Å². The van der Waals surface area contributed by atoms with E-state index in [1.165, 1.54) is 0 Å².